The molecular weight excluding hydrogens is 235 g/mol. The third-order valence-electron chi connectivity index (χ3n) is 2.46. The van der Waals surface area contributed by atoms with Gasteiger partial charge in [-0.05, 0) is 12.1 Å². The molecule has 0 spiro atoms. The first-order chi connectivity index (χ1) is 7.48. The highest BCUT2D eigenvalue weighted by atomic mass is 32.3. The number of anilines is 1. The Bertz CT molecular complexity index is 503. The van der Waals surface area contributed by atoms with Crippen LogP contribution in [0.1, 0.15) is 6.42 Å². The number of pyridine rings is 1. The number of carbonyl (C=O) groups excluding carboxylic acids is 1. The van der Waals surface area contributed by atoms with E-state index in [-0.39, 0.29) is 13.0 Å². The summed E-state index contributed by atoms with van der Waals surface area (Å²) in [6.45, 7) is -0.137. The third kappa shape index (κ3) is 2.04. The molecule has 7 heteroatoms. The Kier molecular flexibility index (Phi) is 2.63. The molecule has 1 atom stereocenters. The molecule has 1 unspecified atom stereocenters. The molecule has 5 nitrogen and oxygen atoms in total. The predicted molar refractivity (Wildman–Crippen MR) is 55.0 cm³/mol. The number of hydrogen-bond acceptors (Lipinski definition) is 4. The standard InChI is InChI=1S/C9H9FN2O3S/c10-16(14,15)8-5-9(13)12(6-8)7-1-3-11-4-2-7/h1-4,8H,5-6H2. The van der Waals surface area contributed by atoms with E-state index in [0.717, 1.165) is 0 Å². The summed E-state index contributed by atoms with van der Waals surface area (Å²) >= 11 is 0. The molecular formula is C9H9FN2O3S. The quantitative estimate of drug-likeness (QED) is 0.710. The zero-order valence-electron chi connectivity index (χ0n) is 8.21. The Morgan fingerprint density at radius 1 is 1.38 bits per heavy atom. The molecule has 1 amide bonds. The fourth-order valence-electron chi connectivity index (χ4n) is 1.64. The van der Waals surface area contributed by atoms with E-state index in [1.807, 2.05) is 0 Å². The van der Waals surface area contributed by atoms with Crippen LogP contribution in [0.3, 0.4) is 0 Å². The molecule has 1 aliphatic heterocycles. The van der Waals surface area contributed by atoms with Crippen molar-refractivity contribution >= 4 is 21.8 Å². The number of nitrogens with zero attached hydrogens (tertiary/aromatic N) is 2. The van der Waals surface area contributed by atoms with Crippen molar-refractivity contribution in [1.82, 2.24) is 4.98 Å². The molecule has 1 saturated heterocycles. The molecule has 2 heterocycles. The van der Waals surface area contributed by atoms with Gasteiger partial charge in [0, 0.05) is 31.0 Å². The maximum absolute atomic E-state index is 12.7. The van der Waals surface area contributed by atoms with Crippen molar-refractivity contribution in [1.29, 1.82) is 0 Å². The summed E-state index contributed by atoms with van der Waals surface area (Å²) < 4.78 is 34.1. The smallest absolute Gasteiger partial charge is 0.307 e. The highest BCUT2D eigenvalue weighted by molar-refractivity contribution is 7.87. The molecule has 16 heavy (non-hydrogen) atoms. The van der Waals surface area contributed by atoms with Crippen LogP contribution in [0.25, 0.3) is 0 Å². The summed E-state index contributed by atoms with van der Waals surface area (Å²) in [5, 5.41) is -1.26. The maximum atomic E-state index is 12.7. The number of halogens is 1. The number of hydrogen-bond donors (Lipinski definition) is 0. The van der Waals surface area contributed by atoms with Gasteiger partial charge < -0.3 is 4.90 Å². The SMILES string of the molecule is O=C1CC(S(=O)(=O)F)CN1c1ccncc1. The van der Waals surface area contributed by atoms with Crippen LogP contribution in [-0.2, 0) is 15.0 Å². The summed E-state index contributed by atoms with van der Waals surface area (Å²) in [5.74, 6) is -0.391. The second kappa shape index (κ2) is 3.82. The van der Waals surface area contributed by atoms with Crippen molar-refractivity contribution in [2.75, 3.05) is 11.4 Å². The van der Waals surface area contributed by atoms with Crippen LogP contribution in [0, 0.1) is 0 Å². The Labute approximate surface area is 92.1 Å². The fraction of sp³-hybridized carbons (Fsp3) is 0.333. The van der Waals surface area contributed by atoms with Gasteiger partial charge in [-0.2, -0.15) is 8.42 Å². The minimum atomic E-state index is -4.65. The average Bonchev–Trinajstić information content (AvgIpc) is 2.61. The van der Waals surface area contributed by atoms with E-state index < -0.39 is 21.4 Å². The molecule has 2 rings (SSSR count). The second-order valence-electron chi connectivity index (χ2n) is 3.51. The van der Waals surface area contributed by atoms with Crippen molar-refractivity contribution < 1.29 is 17.1 Å². The van der Waals surface area contributed by atoms with Crippen LogP contribution in [0.4, 0.5) is 9.57 Å². The van der Waals surface area contributed by atoms with Gasteiger partial charge in [0.05, 0.1) is 0 Å². The maximum Gasteiger partial charge on any atom is 0.307 e. The number of aromatic nitrogens is 1. The van der Waals surface area contributed by atoms with Gasteiger partial charge in [0.15, 0.2) is 0 Å². The highest BCUT2D eigenvalue weighted by Crippen LogP contribution is 2.24. The van der Waals surface area contributed by atoms with Crippen LogP contribution < -0.4 is 4.90 Å². The molecule has 1 aliphatic rings. The van der Waals surface area contributed by atoms with Gasteiger partial charge in [0.2, 0.25) is 5.91 Å². The summed E-state index contributed by atoms with van der Waals surface area (Å²) in [4.78, 5) is 16.5. The molecule has 1 fully saturated rings. The van der Waals surface area contributed by atoms with Gasteiger partial charge in [0.25, 0.3) is 0 Å². The molecule has 0 N–H and O–H groups in total. The fourth-order valence-corrected chi connectivity index (χ4v) is 2.31. The predicted octanol–water partition coefficient (Wildman–Crippen LogP) is 0.486. The third-order valence-corrected chi connectivity index (χ3v) is 3.57. The largest absolute Gasteiger partial charge is 0.311 e. The van der Waals surface area contributed by atoms with Gasteiger partial charge in [-0.1, -0.05) is 0 Å². The second-order valence-corrected chi connectivity index (χ2v) is 5.13. The van der Waals surface area contributed by atoms with Crippen LogP contribution in [0.5, 0.6) is 0 Å². The zero-order chi connectivity index (χ0) is 11.8. The first kappa shape index (κ1) is 11.0. The molecule has 0 aliphatic carbocycles. The van der Waals surface area contributed by atoms with E-state index in [2.05, 4.69) is 4.98 Å². The van der Waals surface area contributed by atoms with E-state index in [1.54, 1.807) is 12.1 Å². The Morgan fingerprint density at radius 3 is 2.50 bits per heavy atom. The first-order valence-corrected chi connectivity index (χ1v) is 6.07. The lowest BCUT2D eigenvalue weighted by atomic mass is 10.4. The highest BCUT2D eigenvalue weighted by Gasteiger charge is 2.38. The van der Waals surface area contributed by atoms with E-state index in [4.69, 9.17) is 0 Å². The zero-order valence-corrected chi connectivity index (χ0v) is 9.02. The Morgan fingerprint density at radius 2 is 2.00 bits per heavy atom. The molecule has 0 bridgehead atoms. The minimum absolute atomic E-state index is 0.137. The monoisotopic (exact) mass is 244 g/mol. The van der Waals surface area contributed by atoms with Gasteiger partial charge in [-0.25, -0.2) is 0 Å². The average molecular weight is 244 g/mol. The van der Waals surface area contributed by atoms with Crippen LogP contribution >= 0.6 is 0 Å². The molecule has 86 valence electrons. The van der Waals surface area contributed by atoms with Crippen molar-refractivity contribution in [2.45, 2.75) is 11.7 Å². The lowest BCUT2D eigenvalue weighted by molar-refractivity contribution is -0.117. The summed E-state index contributed by atoms with van der Waals surface area (Å²) in [5.41, 5.74) is 0.533. The number of amides is 1. The Balaban J connectivity index is 2.25. The van der Waals surface area contributed by atoms with Crippen LogP contribution in [-0.4, -0.2) is 31.1 Å². The molecule has 0 radical (unpaired) electrons. The van der Waals surface area contributed by atoms with Gasteiger partial charge in [-0.3, -0.25) is 9.78 Å². The minimum Gasteiger partial charge on any atom is -0.311 e. The first-order valence-electron chi connectivity index (χ1n) is 4.62. The molecule has 0 aromatic carbocycles. The van der Waals surface area contributed by atoms with Gasteiger partial charge >= 0.3 is 10.2 Å². The van der Waals surface area contributed by atoms with Crippen molar-refractivity contribution in [3.05, 3.63) is 24.5 Å². The summed E-state index contributed by atoms with van der Waals surface area (Å²) in [6.07, 6.45) is 2.67. The van der Waals surface area contributed by atoms with E-state index in [0.29, 0.717) is 5.69 Å². The summed E-state index contributed by atoms with van der Waals surface area (Å²) in [6, 6.07) is 3.15. The van der Waals surface area contributed by atoms with E-state index >= 15 is 0 Å². The van der Waals surface area contributed by atoms with Crippen molar-refractivity contribution in [3.63, 3.8) is 0 Å². The normalized spacial score (nSPS) is 21.4. The van der Waals surface area contributed by atoms with Gasteiger partial charge in [-0.15, -0.1) is 3.89 Å². The summed E-state index contributed by atoms with van der Waals surface area (Å²) in [7, 11) is -4.65. The topological polar surface area (TPSA) is 67.3 Å². The molecule has 0 saturated carbocycles. The number of carbonyl (C=O) groups is 1. The molecule has 1 aromatic heterocycles. The van der Waals surface area contributed by atoms with Crippen LogP contribution in [0.15, 0.2) is 24.5 Å². The lowest BCUT2D eigenvalue weighted by Gasteiger charge is -2.15. The van der Waals surface area contributed by atoms with Gasteiger partial charge in [0.1, 0.15) is 5.25 Å². The van der Waals surface area contributed by atoms with Crippen molar-refractivity contribution in [3.8, 4) is 0 Å². The number of rotatable bonds is 2. The molecule has 1 aromatic rings. The van der Waals surface area contributed by atoms with E-state index in [9.17, 15) is 17.1 Å². The van der Waals surface area contributed by atoms with Crippen LogP contribution in [0.2, 0.25) is 0 Å². The van der Waals surface area contributed by atoms with E-state index in [1.165, 1.54) is 17.3 Å². The van der Waals surface area contributed by atoms with Crippen molar-refractivity contribution in [2.24, 2.45) is 0 Å². The Hall–Kier alpha value is -1.50. The lowest BCUT2D eigenvalue weighted by Crippen LogP contribution is -2.26.